The van der Waals surface area contributed by atoms with Crippen molar-refractivity contribution < 1.29 is 35.5 Å². The van der Waals surface area contributed by atoms with Gasteiger partial charge in [0, 0.05) is 35.4 Å². The first-order chi connectivity index (χ1) is 26.8. The van der Waals surface area contributed by atoms with Crippen LogP contribution in [0.25, 0.3) is 22.2 Å². The van der Waals surface area contributed by atoms with Gasteiger partial charge in [0.25, 0.3) is 5.92 Å². The number of halogens is 7. The highest BCUT2D eigenvalue weighted by Crippen LogP contribution is 2.61. The zero-order valence-corrected chi connectivity index (χ0v) is 36.4. The third-order valence-electron chi connectivity index (χ3n) is 11.4. The number of aromatic nitrogens is 3. The summed E-state index contributed by atoms with van der Waals surface area (Å²) in [4.78, 5) is 15.0. The summed E-state index contributed by atoms with van der Waals surface area (Å²) < 4.78 is 110. The minimum Gasteiger partial charge on any atom is -0.463 e. The molecule has 3 unspecified atom stereocenters. The van der Waals surface area contributed by atoms with Crippen LogP contribution in [-0.2, 0) is 12.6 Å². The van der Waals surface area contributed by atoms with Crippen molar-refractivity contribution in [1.82, 2.24) is 19.9 Å². The minimum atomic E-state index is -5.07. The molecule has 57 heavy (non-hydrogen) atoms. The summed E-state index contributed by atoms with van der Waals surface area (Å²) in [6.45, 7) is 21.8. The van der Waals surface area contributed by atoms with E-state index in [1.54, 1.807) is 14.0 Å². The number of hydrogen-bond donors (Lipinski definition) is 1. The molecule has 1 fully saturated rings. The van der Waals surface area contributed by atoms with Crippen molar-refractivity contribution in [3.63, 3.8) is 0 Å². The fraction of sp³-hybridized carbons (Fsp3) is 0.705. The van der Waals surface area contributed by atoms with Gasteiger partial charge in [0.1, 0.15) is 23.6 Å². The van der Waals surface area contributed by atoms with Crippen molar-refractivity contribution in [2.24, 2.45) is 17.3 Å². The lowest BCUT2D eigenvalue weighted by Crippen LogP contribution is -2.35. The average Bonchev–Trinajstić information content (AvgIpc) is 3.72. The summed E-state index contributed by atoms with van der Waals surface area (Å²) in [6.07, 6.45) is 2.64. The molecule has 0 bridgehead atoms. The van der Waals surface area contributed by atoms with Crippen molar-refractivity contribution in [2.75, 3.05) is 32.5 Å². The largest absolute Gasteiger partial charge is 0.463 e. The molecule has 4 rings (SSSR count). The second-order valence-electron chi connectivity index (χ2n) is 15.4. The van der Waals surface area contributed by atoms with Crippen LogP contribution in [0.1, 0.15) is 155 Å². The molecule has 13 heteroatoms. The van der Waals surface area contributed by atoms with Crippen molar-refractivity contribution in [3.05, 3.63) is 40.2 Å². The third-order valence-corrected chi connectivity index (χ3v) is 11.4. The van der Waals surface area contributed by atoms with Crippen LogP contribution in [0.2, 0.25) is 0 Å². The number of nitrogen functional groups attached to an aromatic ring is 1. The molecule has 2 N–H and O–H groups in total. The first-order valence-corrected chi connectivity index (χ1v) is 21.1. The lowest BCUT2D eigenvalue weighted by atomic mass is 9.84. The van der Waals surface area contributed by atoms with Crippen LogP contribution >= 0.6 is 0 Å². The summed E-state index contributed by atoms with van der Waals surface area (Å²) in [6, 6.07) is 0.373. The molecule has 1 aliphatic rings. The Morgan fingerprint density at radius 3 is 1.98 bits per heavy atom. The van der Waals surface area contributed by atoms with E-state index in [1.165, 1.54) is 32.6 Å². The molecule has 0 aliphatic heterocycles. The van der Waals surface area contributed by atoms with Gasteiger partial charge in [-0.2, -0.15) is 23.1 Å². The van der Waals surface area contributed by atoms with Crippen LogP contribution in [0.15, 0.2) is 6.07 Å². The Bertz CT molecular complexity index is 1730. The Balaban J connectivity index is 0.000000998. The first kappa shape index (κ1) is 49.9. The van der Waals surface area contributed by atoms with Gasteiger partial charge in [-0.15, -0.1) is 0 Å². The van der Waals surface area contributed by atoms with Gasteiger partial charge < -0.3 is 15.4 Å². The second kappa shape index (κ2) is 21.7. The molecular formula is C44H68F7N5O. The number of fused-ring (bicyclic) bond motifs is 1. The van der Waals surface area contributed by atoms with Gasteiger partial charge >= 0.3 is 12.2 Å². The van der Waals surface area contributed by atoms with Gasteiger partial charge in [-0.3, -0.25) is 0 Å². The molecule has 0 radical (unpaired) electrons. The summed E-state index contributed by atoms with van der Waals surface area (Å²) in [5.74, 6) is -4.76. The Hall–Kier alpha value is -3.22. The zero-order valence-electron chi connectivity index (χ0n) is 36.4. The number of unbranched alkanes of at least 4 members (excludes halogenated alkanes) is 1. The monoisotopic (exact) mass is 816 g/mol. The van der Waals surface area contributed by atoms with Crippen LogP contribution in [0.4, 0.5) is 36.4 Å². The maximum atomic E-state index is 16.6. The molecule has 1 aliphatic carbocycles. The average molecular weight is 816 g/mol. The van der Waals surface area contributed by atoms with Gasteiger partial charge in [-0.25, -0.2) is 22.5 Å². The van der Waals surface area contributed by atoms with Crippen molar-refractivity contribution >= 4 is 16.6 Å². The number of benzene rings is 1. The van der Waals surface area contributed by atoms with Crippen LogP contribution < -0.4 is 10.5 Å². The molecule has 1 saturated carbocycles. The lowest BCUT2D eigenvalue weighted by Gasteiger charge is -2.26. The summed E-state index contributed by atoms with van der Waals surface area (Å²) in [5, 5.41) is 0.205. The highest BCUT2D eigenvalue weighted by molar-refractivity contribution is 5.89. The lowest BCUT2D eigenvalue weighted by molar-refractivity contribution is -0.137. The standard InChI is InChI=1S/C34H44F7N5O.C8H18.C2H6/c1-8-12-13-46(7)16-32(15-33(32,37)38)17-47-31-43-19(6)24-28(20(10-3)18(5)9-2)44-29(27(36)30(24)45-31)22-14-23(42)26(35)21(11-4)25(22)34(39,40)41;1-4-7-8(5-2)6-3;1-2/h14,18,20H,8-13,15-17,42H2,1-7H3;8H,4-7H2,1-3H3;1-2H3. The Labute approximate surface area is 337 Å². The van der Waals surface area contributed by atoms with Crippen LogP contribution in [-0.4, -0.2) is 52.5 Å². The van der Waals surface area contributed by atoms with E-state index in [0.29, 0.717) is 19.4 Å². The van der Waals surface area contributed by atoms with Crippen LogP contribution in [0, 0.1) is 35.8 Å². The number of nitrogens with zero attached hydrogens (tertiary/aromatic N) is 4. The first-order valence-electron chi connectivity index (χ1n) is 21.1. The van der Waals surface area contributed by atoms with E-state index in [4.69, 9.17) is 10.5 Å². The van der Waals surface area contributed by atoms with E-state index in [2.05, 4.69) is 35.7 Å². The molecule has 2 heterocycles. The SMILES string of the molecule is CC.CCCC(CC)CC.CCCCN(C)CC1(COc2nc(C)c3c(C(CC)C(C)CC)nc(-c4cc(N)c(F)c(CC)c4C(F)(F)F)c(F)c3n2)CC1(F)F. The molecule has 0 spiro atoms. The molecule has 2 aromatic heterocycles. The number of pyridine rings is 1. The van der Waals surface area contributed by atoms with Gasteiger partial charge in [-0.05, 0) is 57.7 Å². The van der Waals surface area contributed by atoms with Crippen LogP contribution in [0.5, 0.6) is 6.01 Å². The summed E-state index contributed by atoms with van der Waals surface area (Å²) >= 11 is 0. The smallest absolute Gasteiger partial charge is 0.417 e. The number of ether oxygens (including phenoxy) is 1. The third kappa shape index (κ3) is 11.7. The Kier molecular flexibility index (Phi) is 19.0. The molecule has 6 nitrogen and oxygen atoms in total. The number of alkyl halides is 5. The molecule has 1 aromatic carbocycles. The van der Waals surface area contributed by atoms with Gasteiger partial charge in [0.2, 0.25) is 0 Å². The normalized spacial score (nSPS) is 17.2. The highest BCUT2D eigenvalue weighted by atomic mass is 19.4. The van der Waals surface area contributed by atoms with E-state index < -0.39 is 70.2 Å². The minimum absolute atomic E-state index is 0.0161. The van der Waals surface area contributed by atoms with Gasteiger partial charge in [-0.1, -0.05) is 108 Å². The molecule has 0 saturated heterocycles. The summed E-state index contributed by atoms with van der Waals surface area (Å²) in [5.41, 5.74) is 0.450. The van der Waals surface area contributed by atoms with Gasteiger partial charge in [0.05, 0.1) is 28.1 Å². The van der Waals surface area contributed by atoms with Crippen molar-refractivity contribution in [1.29, 1.82) is 0 Å². The molecule has 0 amide bonds. The quantitative estimate of drug-likeness (QED) is 0.102. The molecule has 3 atom stereocenters. The maximum Gasteiger partial charge on any atom is 0.417 e. The fourth-order valence-electron chi connectivity index (χ4n) is 7.68. The van der Waals surface area contributed by atoms with Crippen molar-refractivity contribution in [2.45, 2.75) is 158 Å². The van der Waals surface area contributed by atoms with E-state index >= 15 is 4.39 Å². The van der Waals surface area contributed by atoms with Crippen molar-refractivity contribution in [3.8, 4) is 17.3 Å². The van der Waals surface area contributed by atoms with Crippen LogP contribution in [0.3, 0.4) is 0 Å². The zero-order chi connectivity index (χ0) is 43.5. The second-order valence-corrected chi connectivity index (χ2v) is 15.4. The molecule has 324 valence electrons. The number of nitrogens with two attached hydrogens (primary N) is 1. The van der Waals surface area contributed by atoms with E-state index in [9.17, 15) is 26.3 Å². The Morgan fingerprint density at radius 1 is 0.912 bits per heavy atom. The highest BCUT2D eigenvalue weighted by Gasteiger charge is 2.71. The predicted molar refractivity (Wildman–Crippen MR) is 219 cm³/mol. The summed E-state index contributed by atoms with van der Waals surface area (Å²) in [7, 11) is 1.76. The van der Waals surface area contributed by atoms with E-state index in [0.717, 1.165) is 24.8 Å². The number of hydrogen-bond acceptors (Lipinski definition) is 6. The number of anilines is 1. The maximum absolute atomic E-state index is 16.6. The van der Waals surface area contributed by atoms with Gasteiger partial charge in [0.15, 0.2) is 5.82 Å². The number of rotatable bonds is 18. The topological polar surface area (TPSA) is 77.2 Å². The predicted octanol–water partition coefficient (Wildman–Crippen LogP) is 13.4. The van der Waals surface area contributed by atoms with E-state index in [-0.39, 0.29) is 53.1 Å². The van der Waals surface area contributed by atoms with E-state index in [1.807, 2.05) is 46.4 Å². The fourth-order valence-corrected chi connectivity index (χ4v) is 7.68. The number of aryl methyl sites for hydroxylation is 1. The molecular weight excluding hydrogens is 748 g/mol. The Morgan fingerprint density at radius 2 is 1.53 bits per heavy atom. The molecule has 3 aromatic rings.